The summed E-state index contributed by atoms with van der Waals surface area (Å²) in [4.78, 5) is 16.6. The fourth-order valence-corrected chi connectivity index (χ4v) is 4.11. The molecule has 1 N–H and O–H groups in total. The Kier molecular flexibility index (Phi) is 7.69. The van der Waals surface area contributed by atoms with Crippen LogP contribution in [-0.2, 0) is 4.79 Å². The number of hydrogen-bond acceptors (Lipinski definition) is 6. The lowest BCUT2D eigenvalue weighted by Crippen LogP contribution is -2.19. The Morgan fingerprint density at radius 3 is 2.86 bits per heavy atom. The largest absolute Gasteiger partial charge is 0.491 e. The van der Waals surface area contributed by atoms with E-state index in [-0.39, 0.29) is 17.8 Å². The molecule has 0 radical (unpaired) electrons. The van der Waals surface area contributed by atoms with Crippen LogP contribution in [0, 0.1) is 0 Å². The fraction of sp³-hybridized carbons (Fsp3) is 0.190. The Bertz CT molecular complexity index is 988. The number of thiazole rings is 1. The van der Waals surface area contributed by atoms with Crippen molar-refractivity contribution >= 4 is 46.8 Å². The Morgan fingerprint density at radius 2 is 2.10 bits per heavy atom. The first kappa shape index (κ1) is 21.4. The zero-order valence-corrected chi connectivity index (χ0v) is 18.4. The summed E-state index contributed by atoms with van der Waals surface area (Å²) in [6, 6.07) is 15.1. The number of hydrogen-bond donors (Lipinski definition) is 1. The minimum Gasteiger partial charge on any atom is -0.491 e. The quantitative estimate of drug-likeness (QED) is 0.283. The third-order valence-corrected chi connectivity index (χ3v) is 5.86. The van der Waals surface area contributed by atoms with E-state index >= 15 is 0 Å². The van der Waals surface area contributed by atoms with Crippen LogP contribution in [0.4, 0.5) is 0 Å². The van der Waals surface area contributed by atoms with Crippen molar-refractivity contribution in [2.24, 2.45) is 5.10 Å². The average molecular weight is 446 g/mol. The van der Waals surface area contributed by atoms with Gasteiger partial charge in [-0.25, -0.2) is 10.4 Å². The van der Waals surface area contributed by atoms with E-state index in [1.807, 2.05) is 67.8 Å². The molecule has 1 heterocycles. The lowest BCUT2D eigenvalue weighted by atomic mass is 10.2. The summed E-state index contributed by atoms with van der Waals surface area (Å²) in [5.41, 5.74) is 5.25. The van der Waals surface area contributed by atoms with Crippen molar-refractivity contribution in [3.8, 4) is 17.0 Å². The highest BCUT2D eigenvalue weighted by atomic mass is 35.5. The molecule has 3 aromatic rings. The average Bonchev–Trinajstić information content (AvgIpc) is 3.16. The SMILES string of the molecule is CC(C)Oc1cccc(/C=N/NC(=O)CSc2nc(-c3ccc(Cl)cc3)cs2)c1. The zero-order chi connectivity index (χ0) is 20.6. The van der Waals surface area contributed by atoms with E-state index in [0.717, 1.165) is 26.9 Å². The number of nitrogens with zero attached hydrogens (tertiary/aromatic N) is 2. The van der Waals surface area contributed by atoms with Crippen LogP contribution in [0.3, 0.4) is 0 Å². The molecule has 0 aliphatic heterocycles. The topological polar surface area (TPSA) is 63.6 Å². The maximum absolute atomic E-state index is 12.0. The molecule has 2 aromatic carbocycles. The van der Waals surface area contributed by atoms with Gasteiger partial charge in [-0.3, -0.25) is 4.79 Å². The Hall–Kier alpha value is -2.35. The Morgan fingerprint density at radius 1 is 1.31 bits per heavy atom. The van der Waals surface area contributed by atoms with E-state index in [0.29, 0.717) is 5.02 Å². The maximum Gasteiger partial charge on any atom is 0.250 e. The lowest BCUT2D eigenvalue weighted by molar-refractivity contribution is -0.118. The Labute approximate surface area is 183 Å². The minimum absolute atomic E-state index is 0.102. The van der Waals surface area contributed by atoms with Gasteiger partial charge in [-0.15, -0.1) is 11.3 Å². The third kappa shape index (κ3) is 6.88. The first-order valence-corrected chi connectivity index (χ1v) is 11.2. The molecule has 29 heavy (non-hydrogen) atoms. The first-order valence-electron chi connectivity index (χ1n) is 8.92. The number of thioether (sulfide) groups is 1. The molecule has 0 atom stereocenters. The molecular formula is C21H20ClN3O2S2. The monoisotopic (exact) mass is 445 g/mol. The fourth-order valence-electron chi connectivity index (χ4n) is 2.36. The van der Waals surface area contributed by atoms with E-state index in [1.165, 1.54) is 23.1 Å². The molecule has 0 saturated carbocycles. The van der Waals surface area contributed by atoms with Crippen LogP contribution in [0.1, 0.15) is 19.4 Å². The van der Waals surface area contributed by atoms with Crippen molar-refractivity contribution in [3.63, 3.8) is 0 Å². The summed E-state index contributed by atoms with van der Waals surface area (Å²) in [6.45, 7) is 3.94. The van der Waals surface area contributed by atoms with E-state index < -0.39 is 0 Å². The van der Waals surface area contributed by atoms with Gasteiger partial charge in [0.2, 0.25) is 0 Å². The van der Waals surface area contributed by atoms with Crippen LogP contribution in [0.25, 0.3) is 11.3 Å². The second kappa shape index (κ2) is 10.4. The Balaban J connectivity index is 1.48. The van der Waals surface area contributed by atoms with Gasteiger partial charge in [-0.05, 0) is 43.7 Å². The summed E-state index contributed by atoms with van der Waals surface area (Å²) < 4.78 is 6.47. The van der Waals surface area contributed by atoms with Gasteiger partial charge < -0.3 is 4.74 Å². The number of hydrazone groups is 1. The van der Waals surface area contributed by atoms with Gasteiger partial charge in [-0.1, -0.05) is 47.6 Å². The first-order chi connectivity index (χ1) is 14.0. The predicted molar refractivity (Wildman–Crippen MR) is 121 cm³/mol. The molecule has 1 amide bonds. The van der Waals surface area contributed by atoms with Crippen LogP contribution in [-0.4, -0.2) is 29.0 Å². The highest BCUT2D eigenvalue weighted by Crippen LogP contribution is 2.28. The second-order valence-electron chi connectivity index (χ2n) is 6.33. The smallest absolute Gasteiger partial charge is 0.250 e. The number of aromatic nitrogens is 1. The van der Waals surface area contributed by atoms with Crippen molar-refractivity contribution in [2.75, 3.05) is 5.75 Å². The van der Waals surface area contributed by atoms with E-state index in [1.54, 1.807) is 6.21 Å². The molecule has 1 aromatic heterocycles. The van der Waals surface area contributed by atoms with E-state index in [9.17, 15) is 4.79 Å². The molecule has 0 aliphatic carbocycles. The van der Waals surface area contributed by atoms with Gasteiger partial charge in [0.1, 0.15) is 5.75 Å². The van der Waals surface area contributed by atoms with Crippen LogP contribution in [0.5, 0.6) is 5.75 Å². The van der Waals surface area contributed by atoms with E-state index in [4.69, 9.17) is 16.3 Å². The lowest BCUT2D eigenvalue weighted by Gasteiger charge is -2.09. The second-order valence-corrected chi connectivity index (χ2v) is 8.84. The van der Waals surface area contributed by atoms with Crippen LogP contribution < -0.4 is 10.2 Å². The molecule has 0 saturated heterocycles. The maximum atomic E-state index is 12.0. The number of nitrogens with one attached hydrogen (secondary N) is 1. The summed E-state index contributed by atoms with van der Waals surface area (Å²) in [6.07, 6.45) is 1.70. The summed E-state index contributed by atoms with van der Waals surface area (Å²) in [5, 5.41) is 6.67. The minimum atomic E-state index is -0.191. The van der Waals surface area contributed by atoms with Gasteiger partial charge >= 0.3 is 0 Å². The highest BCUT2D eigenvalue weighted by molar-refractivity contribution is 8.01. The van der Waals surface area contributed by atoms with Gasteiger partial charge in [0.15, 0.2) is 4.34 Å². The van der Waals surface area contributed by atoms with Gasteiger partial charge in [0.05, 0.1) is 23.8 Å². The van der Waals surface area contributed by atoms with Crippen molar-refractivity contribution in [1.82, 2.24) is 10.4 Å². The normalized spacial score (nSPS) is 11.2. The van der Waals surface area contributed by atoms with E-state index in [2.05, 4.69) is 15.5 Å². The third-order valence-electron chi connectivity index (χ3n) is 3.58. The molecule has 8 heteroatoms. The number of halogens is 1. The van der Waals surface area contributed by atoms with Crippen molar-refractivity contribution in [1.29, 1.82) is 0 Å². The van der Waals surface area contributed by atoms with Gasteiger partial charge in [0.25, 0.3) is 5.91 Å². The number of ether oxygens (including phenoxy) is 1. The number of carbonyl (C=O) groups excluding carboxylic acids is 1. The number of amides is 1. The highest BCUT2D eigenvalue weighted by Gasteiger charge is 2.08. The molecule has 0 bridgehead atoms. The van der Waals surface area contributed by atoms with Crippen molar-refractivity contribution < 1.29 is 9.53 Å². The molecule has 150 valence electrons. The number of carbonyl (C=O) groups is 1. The molecule has 0 spiro atoms. The van der Waals surface area contributed by atoms with Crippen molar-refractivity contribution in [2.45, 2.75) is 24.3 Å². The molecule has 5 nitrogen and oxygen atoms in total. The summed E-state index contributed by atoms with van der Waals surface area (Å²) in [7, 11) is 0. The van der Waals surface area contributed by atoms with Crippen molar-refractivity contribution in [3.05, 3.63) is 64.5 Å². The summed E-state index contributed by atoms with van der Waals surface area (Å²) in [5.74, 6) is 0.816. The molecule has 0 unspecified atom stereocenters. The standard InChI is InChI=1S/C21H20ClN3O2S2/c1-14(2)27-18-5-3-4-15(10-18)11-23-25-20(26)13-29-21-24-19(12-28-21)16-6-8-17(22)9-7-16/h3-12,14H,13H2,1-2H3,(H,25,26)/b23-11+. The van der Waals surface area contributed by atoms with Crippen LogP contribution in [0.15, 0.2) is 63.4 Å². The molecule has 0 fully saturated rings. The zero-order valence-electron chi connectivity index (χ0n) is 16.0. The van der Waals surface area contributed by atoms with Crippen LogP contribution >= 0.6 is 34.7 Å². The predicted octanol–water partition coefficient (Wildman–Crippen LogP) is 5.49. The number of benzene rings is 2. The summed E-state index contributed by atoms with van der Waals surface area (Å²) >= 11 is 8.80. The molecule has 3 rings (SSSR count). The van der Waals surface area contributed by atoms with Gasteiger partial charge in [0, 0.05) is 16.0 Å². The number of rotatable bonds is 8. The molecular weight excluding hydrogens is 426 g/mol. The molecule has 0 aliphatic rings. The van der Waals surface area contributed by atoms with Crippen LogP contribution in [0.2, 0.25) is 5.02 Å². The van der Waals surface area contributed by atoms with Gasteiger partial charge in [-0.2, -0.15) is 5.10 Å².